The summed E-state index contributed by atoms with van der Waals surface area (Å²) in [4.78, 5) is 22.7. The lowest BCUT2D eigenvalue weighted by atomic mass is 9.88. The van der Waals surface area contributed by atoms with Crippen LogP contribution in [0.5, 0.6) is 0 Å². The van der Waals surface area contributed by atoms with Gasteiger partial charge in [0.15, 0.2) is 0 Å². The fourth-order valence-electron chi connectivity index (χ4n) is 2.94. The third kappa shape index (κ3) is 2.28. The van der Waals surface area contributed by atoms with Crippen LogP contribution < -0.4 is 10.9 Å². The molecule has 16 heavy (non-hydrogen) atoms. The minimum absolute atomic E-state index is 0.0692. The first-order valence-electron chi connectivity index (χ1n) is 5.93. The number of hydrogen-bond acceptors (Lipinski definition) is 3. The van der Waals surface area contributed by atoms with E-state index in [1.807, 2.05) is 0 Å². The SMILES string of the molecule is CCOC(=O)NNC(=O)[C@H]1C[C@H]2CC[C@H]1C2. The van der Waals surface area contributed by atoms with Crippen molar-refractivity contribution in [3.63, 3.8) is 0 Å². The van der Waals surface area contributed by atoms with E-state index in [1.54, 1.807) is 6.92 Å². The molecule has 2 amide bonds. The molecule has 0 aromatic heterocycles. The molecule has 2 N–H and O–H groups in total. The monoisotopic (exact) mass is 226 g/mol. The molecule has 2 bridgehead atoms. The number of ether oxygens (including phenoxy) is 1. The Morgan fingerprint density at radius 1 is 1.25 bits per heavy atom. The topological polar surface area (TPSA) is 67.4 Å². The molecule has 2 aliphatic carbocycles. The van der Waals surface area contributed by atoms with E-state index in [-0.39, 0.29) is 11.8 Å². The van der Waals surface area contributed by atoms with Gasteiger partial charge in [-0.25, -0.2) is 10.2 Å². The summed E-state index contributed by atoms with van der Waals surface area (Å²) >= 11 is 0. The van der Waals surface area contributed by atoms with Gasteiger partial charge in [0.1, 0.15) is 0 Å². The molecule has 0 aromatic carbocycles. The molecular weight excluding hydrogens is 208 g/mol. The molecule has 0 radical (unpaired) electrons. The lowest BCUT2D eigenvalue weighted by Gasteiger charge is -2.20. The Bertz CT molecular complexity index is 293. The molecule has 2 rings (SSSR count). The molecule has 0 saturated heterocycles. The third-order valence-corrected chi connectivity index (χ3v) is 3.64. The predicted molar refractivity (Wildman–Crippen MR) is 57.2 cm³/mol. The summed E-state index contributed by atoms with van der Waals surface area (Å²) in [6, 6.07) is 0. The molecule has 3 atom stereocenters. The Morgan fingerprint density at radius 3 is 2.62 bits per heavy atom. The van der Waals surface area contributed by atoms with E-state index in [2.05, 4.69) is 15.6 Å². The summed E-state index contributed by atoms with van der Waals surface area (Å²) in [6.45, 7) is 2.02. The van der Waals surface area contributed by atoms with Gasteiger partial charge in [-0.05, 0) is 38.0 Å². The highest BCUT2D eigenvalue weighted by atomic mass is 16.5. The third-order valence-electron chi connectivity index (χ3n) is 3.64. The smallest absolute Gasteiger partial charge is 0.426 e. The van der Waals surface area contributed by atoms with E-state index >= 15 is 0 Å². The number of carbonyl (C=O) groups excluding carboxylic acids is 2. The van der Waals surface area contributed by atoms with Crippen molar-refractivity contribution >= 4 is 12.0 Å². The molecule has 5 heteroatoms. The maximum absolute atomic E-state index is 11.8. The summed E-state index contributed by atoms with van der Waals surface area (Å²) in [7, 11) is 0. The Labute approximate surface area is 94.9 Å². The first kappa shape index (κ1) is 11.2. The molecule has 5 nitrogen and oxygen atoms in total. The first-order valence-corrected chi connectivity index (χ1v) is 5.93. The molecule has 0 spiro atoms. The molecule has 0 heterocycles. The lowest BCUT2D eigenvalue weighted by Crippen LogP contribution is -2.45. The maximum atomic E-state index is 11.8. The van der Waals surface area contributed by atoms with Crippen molar-refractivity contribution in [3.05, 3.63) is 0 Å². The predicted octanol–water partition coefficient (Wildman–Crippen LogP) is 1.20. The molecule has 0 aromatic rings. The van der Waals surface area contributed by atoms with E-state index in [1.165, 1.54) is 12.8 Å². The van der Waals surface area contributed by atoms with Crippen LogP contribution in [0.15, 0.2) is 0 Å². The van der Waals surface area contributed by atoms with Crippen molar-refractivity contribution in [3.8, 4) is 0 Å². The highest BCUT2D eigenvalue weighted by Crippen LogP contribution is 2.48. The zero-order valence-corrected chi connectivity index (χ0v) is 9.49. The minimum Gasteiger partial charge on any atom is -0.449 e. The molecule has 2 aliphatic rings. The number of rotatable bonds is 2. The molecule has 2 fully saturated rings. The van der Waals surface area contributed by atoms with Gasteiger partial charge in [0, 0.05) is 5.92 Å². The van der Waals surface area contributed by atoms with Crippen LogP contribution in [-0.2, 0) is 9.53 Å². The van der Waals surface area contributed by atoms with Crippen LogP contribution in [0, 0.1) is 17.8 Å². The number of hydrazine groups is 1. The number of hydrogen-bond donors (Lipinski definition) is 2. The van der Waals surface area contributed by atoms with Crippen LogP contribution in [0.2, 0.25) is 0 Å². The van der Waals surface area contributed by atoms with Crippen molar-refractivity contribution in [1.82, 2.24) is 10.9 Å². The second kappa shape index (κ2) is 4.72. The average Bonchev–Trinajstić information content (AvgIpc) is 2.88. The second-order valence-corrected chi connectivity index (χ2v) is 4.62. The fraction of sp³-hybridized carbons (Fsp3) is 0.818. The standard InChI is InChI=1S/C11H18N2O3/c1-2-16-11(15)13-12-10(14)9-6-7-3-4-8(9)5-7/h7-9H,2-6H2,1H3,(H,12,14)(H,13,15)/t7-,8-,9-/m0/s1. The van der Waals surface area contributed by atoms with Crippen LogP contribution in [0.1, 0.15) is 32.6 Å². The maximum Gasteiger partial charge on any atom is 0.426 e. The fourth-order valence-corrected chi connectivity index (χ4v) is 2.94. The van der Waals surface area contributed by atoms with Gasteiger partial charge in [-0.2, -0.15) is 0 Å². The minimum atomic E-state index is -0.598. The highest BCUT2D eigenvalue weighted by molar-refractivity contribution is 5.81. The van der Waals surface area contributed by atoms with Gasteiger partial charge >= 0.3 is 6.09 Å². The normalized spacial score (nSPS) is 31.2. The van der Waals surface area contributed by atoms with Crippen LogP contribution >= 0.6 is 0 Å². The summed E-state index contributed by atoms with van der Waals surface area (Å²) in [6.07, 6.45) is 3.97. The van der Waals surface area contributed by atoms with Gasteiger partial charge in [-0.1, -0.05) is 6.42 Å². The van der Waals surface area contributed by atoms with Crippen LogP contribution in [0.3, 0.4) is 0 Å². The molecule has 0 aliphatic heterocycles. The van der Waals surface area contributed by atoms with Gasteiger partial charge in [0.2, 0.25) is 5.91 Å². The summed E-state index contributed by atoms with van der Waals surface area (Å²) in [5.74, 6) is 1.26. The Kier molecular flexibility index (Phi) is 3.31. The van der Waals surface area contributed by atoms with Gasteiger partial charge in [-0.3, -0.25) is 10.2 Å². The zero-order chi connectivity index (χ0) is 11.5. The number of fused-ring (bicyclic) bond motifs is 2. The second-order valence-electron chi connectivity index (χ2n) is 4.62. The largest absolute Gasteiger partial charge is 0.449 e. The lowest BCUT2D eigenvalue weighted by molar-refractivity contribution is -0.127. The van der Waals surface area contributed by atoms with Gasteiger partial charge < -0.3 is 4.74 Å². The number of carbonyl (C=O) groups is 2. The van der Waals surface area contributed by atoms with Crippen molar-refractivity contribution in [2.24, 2.45) is 17.8 Å². The van der Waals surface area contributed by atoms with Crippen LogP contribution in [-0.4, -0.2) is 18.6 Å². The summed E-state index contributed by atoms with van der Waals surface area (Å²) in [5.41, 5.74) is 4.69. The van der Waals surface area contributed by atoms with Crippen molar-refractivity contribution in [2.75, 3.05) is 6.61 Å². The first-order chi connectivity index (χ1) is 7.70. The number of nitrogens with one attached hydrogen (secondary N) is 2. The summed E-state index contributed by atoms with van der Waals surface area (Å²) < 4.78 is 4.65. The average molecular weight is 226 g/mol. The van der Waals surface area contributed by atoms with E-state index < -0.39 is 6.09 Å². The van der Waals surface area contributed by atoms with E-state index in [0.717, 1.165) is 18.8 Å². The van der Waals surface area contributed by atoms with Gasteiger partial charge in [0.25, 0.3) is 0 Å². The van der Waals surface area contributed by atoms with Crippen LogP contribution in [0.25, 0.3) is 0 Å². The van der Waals surface area contributed by atoms with Crippen molar-refractivity contribution in [2.45, 2.75) is 32.6 Å². The van der Waals surface area contributed by atoms with E-state index in [4.69, 9.17) is 0 Å². The van der Waals surface area contributed by atoms with Crippen molar-refractivity contribution < 1.29 is 14.3 Å². The molecule has 2 saturated carbocycles. The van der Waals surface area contributed by atoms with Crippen LogP contribution in [0.4, 0.5) is 4.79 Å². The number of amides is 2. The molecular formula is C11H18N2O3. The van der Waals surface area contributed by atoms with Gasteiger partial charge in [-0.15, -0.1) is 0 Å². The summed E-state index contributed by atoms with van der Waals surface area (Å²) in [5, 5.41) is 0. The van der Waals surface area contributed by atoms with Gasteiger partial charge in [0.05, 0.1) is 6.61 Å². The van der Waals surface area contributed by atoms with Crippen molar-refractivity contribution in [1.29, 1.82) is 0 Å². The quantitative estimate of drug-likeness (QED) is 0.695. The Hall–Kier alpha value is -1.26. The van der Waals surface area contributed by atoms with E-state index in [0.29, 0.717) is 12.5 Å². The Balaban J connectivity index is 1.74. The highest BCUT2D eigenvalue weighted by Gasteiger charge is 2.43. The molecule has 0 unspecified atom stereocenters. The molecule has 90 valence electrons. The van der Waals surface area contributed by atoms with E-state index in [9.17, 15) is 9.59 Å². The Morgan fingerprint density at radius 2 is 2.06 bits per heavy atom. The zero-order valence-electron chi connectivity index (χ0n) is 9.49.